The van der Waals surface area contributed by atoms with Crippen LogP contribution in [0.4, 0.5) is 4.79 Å². The van der Waals surface area contributed by atoms with E-state index in [9.17, 15) is 49.2 Å². The SMILES string of the molecule is CO[C@H]1C(=O)C2C(C[C@]3(O)C[C@H](OC(=O)[C@H](OOCCSSCCC(=O)N[C@H](Cc4ccccc4)C(=O)N[C@H]4CSSC[C@@H](C(=O)N[C@H](CO)[C@@H](C)O)NC(=O)[C@H]([C@@H](C)O)NC(=O)[C@H](CCCCN)NC(=O)[C@@H](Cc5c[nH]c6ccccc56)NC(=O)[C@H](Cc5ccccc5)NC4=O)[C@@H](NC(=O)OC(C)(C)C)c4ccccc4)C(C)=C1C3(C)C)[C@]1(OC(C)=O)COC1C[C@@H]2OC. The number of benzene rings is 4. The predicted octanol–water partition coefficient (Wildman–Crippen LogP) is 4.44. The molecule has 2 bridgehead atoms. The van der Waals surface area contributed by atoms with Crippen molar-refractivity contribution in [3.63, 3.8) is 0 Å². The molecule has 5 aliphatic rings. The van der Waals surface area contributed by atoms with Gasteiger partial charge >= 0.3 is 18.0 Å². The maximum atomic E-state index is 15.4. The van der Waals surface area contributed by atoms with Crippen molar-refractivity contribution in [3.05, 3.63) is 155 Å². The molecule has 3 heterocycles. The van der Waals surface area contributed by atoms with Gasteiger partial charge in [0.25, 0.3) is 0 Å². The minimum absolute atomic E-state index is 0.0357. The molecule has 9 amide bonds. The highest BCUT2D eigenvalue weighted by Crippen LogP contribution is 2.61. The maximum absolute atomic E-state index is 15.4. The fourth-order valence-corrected chi connectivity index (χ4v) is 21.3. The summed E-state index contributed by atoms with van der Waals surface area (Å²) >= 11 is 0. The van der Waals surface area contributed by atoms with Gasteiger partial charge in [-0.2, -0.15) is 0 Å². The monoisotopic (exact) mass is 1880 g/mol. The third-order valence-corrected chi connectivity index (χ3v) is 29.0. The van der Waals surface area contributed by atoms with Crippen LogP contribution in [0, 0.1) is 17.3 Å². The number of hydrogen-bond acceptors (Lipinski definition) is 29. The number of carbonyl (C=O) groups is 12. The number of fused-ring (bicyclic) bond motifs is 6. The summed E-state index contributed by atoms with van der Waals surface area (Å²) < 4.78 is 36.4. The normalized spacial score (nSPS) is 26.6. The number of para-hydroxylation sites is 1. The van der Waals surface area contributed by atoms with Crippen LogP contribution in [0.3, 0.4) is 0 Å². The first kappa shape index (κ1) is 103. The Morgan fingerprint density at radius 1 is 0.731 bits per heavy atom. The summed E-state index contributed by atoms with van der Waals surface area (Å²) in [7, 11) is 7.26. The summed E-state index contributed by atoms with van der Waals surface area (Å²) in [6, 6.07) is 19.8. The third kappa shape index (κ3) is 26.6. The van der Waals surface area contributed by atoms with Crippen molar-refractivity contribution in [2.75, 3.05) is 63.6 Å². The molecule has 1 aromatic heterocycles. The molecule has 20 atom stereocenters. The Hall–Kier alpha value is -9.20. The second kappa shape index (κ2) is 47.4. The van der Waals surface area contributed by atoms with Crippen LogP contribution in [-0.4, -0.2) is 268 Å². The lowest BCUT2D eigenvalue weighted by Crippen LogP contribution is -2.75. The van der Waals surface area contributed by atoms with E-state index >= 15 is 28.8 Å². The molecule has 130 heavy (non-hydrogen) atoms. The van der Waals surface area contributed by atoms with E-state index in [4.69, 9.17) is 43.9 Å². The second-order valence-electron chi connectivity index (χ2n) is 34.9. The Morgan fingerprint density at radius 2 is 1.36 bits per heavy atom. The smallest absolute Gasteiger partial charge is 0.408 e. The summed E-state index contributed by atoms with van der Waals surface area (Å²) in [5, 5.41) is 70.6. The Bertz CT molecular complexity index is 4760. The maximum Gasteiger partial charge on any atom is 0.408 e. The Kier molecular flexibility index (Phi) is 37.5. The fraction of sp³-hybridized carbons (Fsp3) is 0.560. The lowest BCUT2D eigenvalue weighted by atomic mass is 9.50. The number of Topliss-reactive ketones (excluding diaryl/α,β-unsaturated/α-hetero) is 1. The number of unbranched alkanes of at least 4 members (excludes halogenated alkanes) is 1. The van der Waals surface area contributed by atoms with Gasteiger partial charge in [0.15, 0.2) is 11.4 Å². The number of aromatic amines is 1. The summed E-state index contributed by atoms with van der Waals surface area (Å²) in [6.45, 7) is 13.3. The van der Waals surface area contributed by atoms with Crippen LogP contribution in [0.2, 0.25) is 0 Å². The number of aliphatic hydroxyl groups excluding tert-OH is 3. The molecule has 3 unspecified atom stereocenters. The number of carbonyl (C=O) groups excluding carboxylic acids is 12. The van der Waals surface area contributed by atoms with Gasteiger partial charge in [0.1, 0.15) is 66.2 Å². The van der Waals surface area contributed by atoms with Crippen LogP contribution in [0.15, 0.2) is 133 Å². The zero-order valence-corrected chi connectivity index (χ0v) is 78.1. The van der Waals surface area contributed by atoms with Gasteiger partial charge in [-0.3, -0.25) is 47.9 Å². The Labute approximate surface area is 771 Å². The lowest BCUT2D eigenvalue weighted by molar-refractivity contribution is -0.323. The summed E-state index contributed by atoms with van der Waals surface area (Å²) in [5.74, 6) is -11.1. The number of ether oxygens (including phenoxy) is 6. The number of H-pyrrole nitrogens is 1. The van der Waals surface area contributed by atoms with E-state index in [-0.39, 0.29) is 106 Å². The van der Waals surface area contributed by atoms with E-state index in [1.54, 1.807) is 145 Å². The highest BCUT2D eigenvalue weighted by Gasteiger charge is 2.70. The standard InChI is InChI=1S/C91H123N11O24S4/c1-50-69(44-90(118)43-59-72(76(108)77(120-11)73(50)89(90,8)9)68(119-10)42-70-91(59,49-121-70)124-53(4)106)123-86(116)78(75(56-29-19-14-20-30-56)102-87(117)125-88(5,6)7)126-122-36-38-128-127-37-34-71(107)94-62(39-54-25-15-12-16-26-54)80(110)99-66-47-129-130-48-67(84(114)98-65(46-103)51(2)104)100-85(115)74(52(3)105)101-79(109)61(33-23-24-35-92)95-82(112)64(41-57-45-93-60-32-22-21-31-58(57)60)97-81(111)63(96-83(66)113)40-55-27-17-13-18-28-55/h12-22,25-32,45,51-52,59,61-70,72,74-75,77-78,93,103-105,118H,23-24,33-44,46-49,92H2,1-11H3,(H,94,107)(H,95,112)(H,96,113)(H,97,111)(H,98,114)(H,99,110)(H,100,115)(H,101,109)(H,102,117)/t51-,52-,59?,61+,62-,63+,64-,65-,66+,67+,68+,69+,70?,72?,74+,75+,77-,78-,90+,91-/m1/s1. The van der Waals surface area contributed by atoms with E-state index < -0.39 is 203 Å². The molecule has 3 aliphatic carbocycles. The summed E-state index contributed by atoms with van der Waals surface area (Å²) in [4.78, 5) is 191. The lowest BCUT2D eigenvalue weighted by Gasteiger charge is -2.63. The number of nitrogens with two attached hydrogens (primary N) is 1. The van der Waals surface area contributed by atoms with Crippen molar-refractivity contribution in [2.24, 2.45) is 23.0 Å². The van der Waals surface area contributed by atoms with E-state index in [0.717, 1.165) is 21.6 Å². The van der Waals surface area contributed by atoms with E-state index in [0.29, 0.717) is 50.7 Å². The second-order valence-corrected chi connectivity index (χ2v) is 40.1. The average molecular weight is 1880 g/mol. The van der Waals surface area contributed by atoms with Gasteiger partial charge in [0, 0.05) is 111 Å². The Morgan fingerprint density at radius 3 is 1.99 bits per heavy atom. The number of ketones is 1. The molecule has 2 saturated heterocycles. The molecule has 16 N–H and O–H groups in total. The molecule has 2 saturated carbocycles. The van der Waals surface area contributed by atoms with E-state index in [1.807, 2.05) is 18.2 Å². The molecule has 5 aromatic rings. The predicted molar refractivity (Wildman–Crippen MR) is 488 cm³/mol. The van der Waals surface area contributed by atoms with Crippen LogP contribution < -0.4 is 53.6 Å². The Balaban J connectivity index is 0.875. The van der Waals surface area contributed by atoms with Crippen molar-refractivity contribution >= 4 is 125 Å². The number of esters is 2. The van der Waals surface area contributed by atoms with Crippen LogP contribution in [0.5, 0.6) is 0 Å². The molecular weight excluding hydrogens is 1760 g/mol. The zero-order valence-electron chi connectivity index (χ0n) is 74.8. The number of alkyl carbamates (subject to hydrolysis) is 1. The van der Waals surface area contributed by atoms with E-state index in [2.05, 4.69) is 52.8 Å². The number of amides is 9. The number of methoxy groups -OCH3 is 2. The van der Waals surface area contributed by atoms with Gasteiger partial charge in [-0.15, -0.1) is 0 Å². The zero-order chi connectivity index (χ0) is 94.4. The van der Waals surface area contributed by atoms with Gasteiger partial charge in [-0.05, 0) is 113 Å². The number of aromatic nitrogens is 1. The minimum Gasteiger partial charge on any atom is -0.456 e. The average Bonchev–Trinajstić information content (AvgIpc) is 0.774. The number of aliphatic hydroxyl groups is 4. The number of nitrogens with one attached hydrogen (secondary N) is 10. The quantitative estimate of drug-likeness (QED) is 0.00507. The van der Waals surface area contributed by atoms with Gasteiger partial charge in [-0.25, -0.2) is 19.4 Å². The molecule has 39 heteroatoms. The van der Waals surface area contributed by atoms with E-state index in [1.165, 1.54) is 56.6 Å². The minimum atomic E-state index is -1.80. The molecule has 10 rings (SSSR count). The summed E-state index contributed by atoms with van der Waals surface area (Å²) in [5.41, 5.74) is 4.15. The highest BCUT2D eigenvalue weighted by atomic mass is 33.1. The van der Waals surface area contributed by atoms with Crippen molar-refractivity contribution in [2.45, 2.75) is 240 Å². The third-order valence-electron chi connectivity index (χ3n) is 24.2. The fourth-order valence-electron chi connectivity index (χ4n) is 17.2. The molecule has 35 nitrogen and oxygen atoms in total. The molecular formula is C91H123N11O24S4. The van der Waals surface area contributed by atoms with Crippen molar-refractivity contribution in [1.82, 2.24) is 52.8 Å². The highest BCUT2D eigenvalue weighted by molar-refractivity contribution is 8.77. The topological polar surface area (TPSA) is 510 Å². The van der Waals surface area contributed by atoms with Crippen LogP contribution in [-0.2, 0) is 110 Å². The molecule has 710 valence electrons. The molecule has 0 spiro atoms. The number of hydrogen-bond donors (Lipinski definition) is 15. The van der Waals surface area contributed by atoms with Crippen LogP contribution in [0.25, 0.3) is 10.9 Å². The summed E-state index contributed by atoms with van der Waals surface area (Å²) in [6.07, 6.45) is -7.95. The largest absolute Gasteiger partial charge is 0.456 e. The van der Waals surface area contributed by atoms with Crippen LogP contribution >= 0.6 is 43.2 Å². The molecule has 2 aliphatic heterocycles. The molecule has 0 radical (unpaired) electrons. The van der Waals surface area contributed by atoms with Crippen molar-refractivity contribution in [1.29, 1.82) is 0 Å². The first-order valence-corrected chi connectivity index (χ1v) is 48.5. The van der Waals surface area contributed by atoms with Gasteiger partial charge in [-0.1, -0.05) is 166 Å². The molecule has 4 aromatic carbocycles. The van der Waals surface area contributed by atoms with Gasteiger partial charge in [0.05, 0.1) is 61.7 Å². The van der Waals surface area contributed by atoms with Gasteiger partial charge in [0.2, 0.25) is 53.4 Å². The number of rotatable bonds is 35. The van der Waals surface area contributed by atoms with Gasteiger partial charge < -0.3 is 107 Å². The van der Waals surface area contributed by atoms with Crippen molar-refractivity contribution in [3.8, 4) is 0 Å². The first-order valence-electron chi connectivity index (χ1n) is 43.5. The van der Waals surface area contributed by atoms with Crippen molar-refractivity contribution < 1.29 is 116 Å². The van der Waals surface area contributed by atoms with Crippen LogP contribution in [0.1, 0.15) is 136 Å². The molecule has 4 fully saturated rings. The first-order chi connectivity index (χ1) is 61.9.